The third kappa shape index (κ3) is 3.95. The van der Waals surface area contributed by atoms with Gasteiger partial charge in [-0.3, -0.25) is 10.1 Å². The van der Waals surface area contributed by atoms with Gasteiger partial charge in [0.15, 0.2) is 0 Å². The van der Waals surface area contributed by atoms with E-state index in [1.54, 1.807) is 11.1 Å². The number of halogens is 2. The van der Waals surface area contributed by atoms with E-state index in [4.69, 9.17) is 0 Å². The molecule has 2 aromatic heterocycles. The second kappa shape index (κ2) is 8.23. The van der Waals surface area contributed by atoms with Crippen LogP contribution in [-0.4, -0.2) is 46.1 Å². The number of nitrogens with zero attached hydrogens (tertiary/aromatic N) is 6. The number of rotatable bonds is 5. The topological polar surface area (TPSA) is 100 Å². The maximum Gasteiger partial charge on any atom is 0.353 e. The summed E-state index contributed by atoms with van der Waals surface area (Å²) in [5, 5.41) is 14.3. The average molecular weight is 413 g/mol. The Morgan fingerprint density at radius 2 is 1.77 bits per heavy atom. The first kappa shape index (κ1) is 19.4. The molecule has 0 unspecified atom stereocenters. The van der Waals surface area contributed by atoms with Crippen molar-refractivity contribution in [2.75, 3.05) is 41.3 Å². The largest absolute Gasteiger partial charge is 0.353 e. The molecule has 4 rings (SSSR count). The minimum atomic E-state index is -0.755. The Hall–Kier alpha value is -3.89. The normalized spacial score (nSPS) is 13.9. The number of nitro groups is 1. The van der Waals surface area contributed by atoms with Crippen LogP contribution in [0.5, 0.6) is 0 Å². The number of hydrogen-bond acceptors (Lipinski definition) is 8. The summed E-state index contributed by atoms with van der Waals surface area (Å²) in [6.07, 6.45) is 2.87. The van der Waals surface area contributed by atoms with Crippen LogP contribution < -0.4 is 15.1 Å². The van der Waals surface area contributed by atoms with Crippen molar-refractivity contribution in [2.45, 2.75) is 0 Å². The van der Waals surface area contributed by atoms with Crippen LogP contribution in [0.2, 0.25) is 0 Å². The maximum absolute atomic E-state index is 14.0. The van der Waals surface area contributed by atoms with Crippen molar-refractivity contribution in [1.29, 1.82) is 0 Å². The summed E-state index contributed by atoms with van der Waals surface area (Å²) in [5.74, 6) is -0.689. The second-order valence-corrected chi connectivity index (χ2v) is 6.56. The predicted octanol–water partition coefficient (Wildman–Crippen LogP) is 3.13. The molecule has 0 aliphatic carbocycles. The highest BCUT2D eigenvalue weighted by molar-refractivity contribution is 5.74. The number of pyridine rings is 1. The van der Waals surface area contributed by atoms with E-state index in [2.05, 4.69) is 25.2 Å². The molecular formula is C19H17F2N7O2. The van der Waals surface area contributed by atoms with E-state index in [1.807, 2.05) is 18.2 Å². The molecule has 0 bridgehead atoms. The van der Waals surface area contributed by atoms with E-state index >= 15 is 0 Å². The molecule has 3 aromatic rings. The standard InChI is InChI=1S/C19H17F2N7O2/c20-13-4-5-14(21)15(11-13)25-18-17(28(29)30)19(24-12-23-18)27-9-7-26(8-10-27)16-3-1-2-6-22-16/h1-6,11-12H,7-10H2,(H,23,24,25). The zero-order chi connectivity index (χ0) is 21.1. The SMILES string of the molecule is O=[N+]([O-])c1c(Nc2cc(F)ccc2F)ncnc1N1CCN(c2ccccn2)CC1. The van der Waals surface area contributed by atoms with E-state index in [9.17, 15) is 18.9 Å². The number of hydrogen-bond donors (Lipinski definition) is 1. The second-order valence-electron chi connectivity index (χ2n) is 6.56. The summed E-state index contributed by atoms with van der Waals surface area (Å²) in [7, 11) is 0. The van der Waals surface area contributed by atoms with Crippen molar-refractivity contribution < 1.29 is 13.7 Å². The van der Waals surface area contributed by atoms with Gasteiger partial charge in [0.1, 0.15) is 23.8 Å². The summed E-state index contributed by atoms with van der Waals surface area (Å²) < 4.78 is 27.4. The zero-order valence-electron chi connectivity index (χ0n) is 15.7. The molecule has 1 aliphatic rings. The Kier molecular flexibility index (Phi) is 5.33. The van der Waals surface area contributed by atoms with Crippen molar-refractivity contribution in [2.24, 2.45) is 0 Å². The van der Waals surface area contributed by atoms with E-state index in [0.717, 1.165) is 30.3 Å². The fourth-order valence-corrected chi connectivity index (χ4v) is 3.27. The Morgan fingerprint density at radius 1 is 1.00 bits per heavy atom. The Bertz CT molecular complexity index is 1060. The van der Waals surface area contributed by atoms with Gasteiger partial charge in [0.05, 0.1) is 10.6 Å². The van der Waals surface area contributed by atoms with Crippen molar-refractivity contribution in [1.82, 2.24) is 15.0 Å². The van der Waals surface area contributed by atoms with Crippen LogP contribution in [-0.2, 0) is 0 Å². The molecule has 1 N–H and O–H groups in total. The van der Waals surface area contributed by atoms with Gasteiger partial charge in [-0.1, -0.05) is 6.07 Å². The fourth-order valence-electron chi connectivity index (χ4n) is 3.27. The first-order valence-corrected chi connectivity index (χ1v) is 9.15. The van der Waals surface area contributed by atoms with Gasteiger partial charge in [-0.25, -0.2) is 23.7 Å². The van der Waals surface area contributed by atoms with Crippen molar-refractivity contribution in [3.8, 4) is 0 Å². The summed E-state index contributed by atoms with van der Waals surface area (Å²) in [6.45, 7) is 2.14. The third-order valence-corrected chi connectivity index (χ3v) is 4.72. The molecule has 0 radical (unpaired) electrons. The zero-order valence-corrected chi connectivity index (χ0v) is 15.7. The average Bonchev–Trinajstić information content (AvgIpc) is 2.77. The number of benzene rings is 1. The first-order valence-electron chi connectivity index (χ1n) is 9.15. The van der Waals surface area contributed by atoms with E-state index in [1.165, 1.54) is 0 Å². The van der Waals surface area contributed by atoms with Crippen LogP contribution in [0.25, 0.3) is 0 Å². The molecule has 1 saturated heterocycles. The Balaban J connectivity index is 1.59. The van der Waals surface area contributed by atoms with Crippen LogP contribution in [0.1, 0.15) is 0 Å². The molecule has 0 amide bonds. The quantitative estimate of drug-likeness (QED) is 0.503. The number of anilines is 4. The van der Waals surface area contributed by atoms with E-state index < -0.39 is 22.2 Å². The van der Waals surface area contributed by atoms with E-state index in [-0.39, 0.29) is 17.3 Å². The minimum Gasteiger partial charge on any atom is -0.353 e. The van der Waals surface area contributed by atoms with Gasteiger partial charge < -0.3 is 15.1 Å². The lowest BCUT2D eigenvalue weighted by Gasteiger charge is -2.35. The molecule has 1 aliphatic heterocycles. The summed E-state index contributed by atoms with van der Waals surface area (Å²) in [4.78, 5) is 27.3. The van der Waals surface area contributed by atoms with E-state index in [0.29, 0.717) is 26.2 Å². The third-order valence-electron chi connectivity index (χ3n) is 4.72. The molecule has 1 aromatic carbocycles. The lowest BCUT2D eigenvalue weighted by molar-refractivity contribution is -0.383. The highest BCUT2D eigenvalue weighted by atomic mass is 19.1. The van der Waals surface area contributed by atoms with Gasteiger partial charge in [0.2, 0.25) is 11.6 Å². The summed E-state index contributed by atoms with van der Waals surface area (Å²) in [6, 6.07) is 8.43. The molecule has 0 spiro atoms. The van der Waals surface area contributed by atoms with Crippen LogP contribution in [0.3, 0.4) is 0 Å². The number of aromatic nitrogens is 3. The monoisotopic (exact) mass is 413 g/mol. The van der Waals surface area contributed by atoms with Gasteiger partial charge in [-0.2, -0.15) is 0 Å². The van der Waals surface area contributed by atoms with Crippen LogP contribution in [0.4, 0.5) is 37.6 Å². The van der Waals surface area contributed by atoms with Gasteiger partial charge in [-0.05, 0) is 24.3 Å². The van der Waals surface area contributed by atoms with Crippen LogP contribution in [0.15, 0.2) is 48.9 Å². The number of nitrogens with one attached hydrogen (secondary N) is 1. The Morgan fingerprint density at radius 3 is 2.47 bits per heavy atom. The molecule has 1 fully saturated rings. The lowest BCUT2D eigenvalue weighted by Crippen LogP contribution is -2.47. The van der Waals surface area contributed by atoms with Gasteiger partial charge in [0, 0.05) is 38.4 Å². The molecule has 9 nitrogen and oxygen atoms in total. The maximum atomic E-state index is 14.0. The molecule has 0 atom stereocenters. The van der Waals surface area contributed by atoms with Crippen molar-refractivity contribution in [3.05, 3.63) is 70.7 Å². The first-order chi connectivity index (χ1) is 14.5. The lowest BCUT2D eigenvalue weighted by atomic mass is 10.2. The highest BCUT2D eigenvalue weighted by Gasteiger charge is 2.30. The predicted molar refractivity (Wildman–Crippen MR) is 107 cm³/mol. The minimum absolute atomic E-state index is 0.120. The molecular weight excluding hydrogens is 396 g/mol. The van der Waals surface area contributed by atoms with Crippen LogP contribution in [0, 0.1) is 21.7 Å². The van der Waals surface area contributed by atoms with Crippen molar-refractivity contribution in [3.63, 3.8) is 0 Å². The van der Waals surface area contributed by atoms with Gasteiger partial charge >= 0.3 is 5.69 Å². The van der Waals surface area contributed by atoms with Gasteiger partial charge in [0.25, 0.3) is 0 Å². The molecule has 154 valence electrons. The van der Waals surface area contributed by atoms with Crippen LogP contribution >= 0.6 is 0 Å². The fraction of sp³-hybridized carbons (Fsp3) is 0.211. The van der Waals surface area contributed by atoms with Gasteiger partial charge in [-0.15, -0.1) is 0 Å². The Labute approximate surface area is 170 Å². The summed E-state index contributed by atoms with van der Waals surface area (Å²) >= 11 is 0. The number of piperazine rings is 1. The highest BCUT2D eigenvalue weighted by Crippen LogP contribution is 2.34. The van der Waals surface area contributed by atoms with Crippen molar-refractivity contribution >= 4 is 28.8 Å². The molecule has 30 heavy (non-hydrogen) atoms. The molecule has 3 heterocycles. The smallest absolute Gasteiger partial charge is 0.353 e. The summed E-state index contributed by atoms with van der Waals surface area (Å²) in [5.41, 5.74) is -0.643. The molecule has 0 saturated carbocycles. The molecule has 11 heteroatoms.